The molecule has 1 saturated carbocycles. The van der Waals surface area contributed by atoms with Gasteiger partial charge in [-0.25, -0.2) is 0 Å². The molecule has 2 nitrogen and oxygen atoms in total. The van der Waals surface area contributed by atoms with E-state index in [9.17, 15) is 4.79 Å². The summed E-state index contributed by atoms with van der Waals surface area (Å²) in [5.41, 5.74) is 0.425. The van der Waals surface area contributed by atoms with E-state index in [0.29, 0.717) is 11.8 Å². The van der Waals surface area contributed by atoms with Gasteiger partial charge in [0.2, 0.25) is 0 Å². The number of ether oxygens (including phenoxy) is 1. The quantitative estimate of drug-likeness (QED) is 0.608. The number of hydrogen-bond donors (Lipinski definition) is 0. The third-order valence-electron chi connectivity index (χ3n) is 2.97. The minimum atomic E-state index is -0.0666. The van der Waals surface area contributed by atoms with E-state index < -0.39 is 0 Å². The topological polar surface area (TPSA) is 26.3 Å². The predicted octanol–water partition coefficient (Wildman–Crippen LogP) is 2.52. The fourth-order valence-corrected chi connectivity index (χ4v) is 1.98. The van der Waals surface area contributed by atoms with Gasteiger partial charge in [0.25, 0.3) is 0 Å². The van der Waals surface area contributed by atoms with E-state index >= 15 is 0 Å². The van der Waals surface area contributed by atoms with Crippen LogP contribution in [0.5, 0.6) is 0 Å². The first-order valence-corrected chi connectivity index (χ1v) is 4.73. The number of rotatable bonds is 3. The van der Waals surface area contributed by atoms with Gasteiger partial charge in [0.15, 0.2) is 0 Å². The van der Waals surface area contributed by atoms with E-state index in [0.717, 1.165) is 6.42 Å². The lowest BCUT2D eigenvalue weighted by Crippen LogP contribution is -2.13. The number of carbonyl (C=O) groups is 1. The van der Waals surface area contributed by atoms with Crippen LogP contribution < -0.4 is 0 Å². The second kappa shape index (κ2) is 3.92. The van der Waals surface area contributed by atoms with E-state index in [1.165, 1.54) is 32.8 Å². The molecule has 1 fully saturated rings. The number of hydrogen-bond acceptors (Lipinski definition) is 2. The maximum atomic E-state index is 10.9. The minimum absolute atomic E-state index is 0.0666. The lowest BCUT2D eigenvalue weighted by molar-refractivity contribution is -0.141. The number of carbonyl (C=O) groups excluding carboxylic acids is 1. The van der Waals surface area contributed by atoms with E-state index in [1.54, 1.807) is 0 Å². The summed E-state index contributed by atoms with van der Waals surface area (Å²) in [5.74, 6) is -0.0666. The summed E-state index contributed by atoms with van der Waals surface area (Å²) in [5, 5.41) is 0. The van der Waals surface area contributed by atoms with Gasteiger partial charge in [-0.1, -0.05) is 19.8 Å². The molecule has 0 saturated heterocycles. The van der Waals surface area contributed by atoms with Crippen LogP contribution in [-0.2, 0) is 9.53 Å². The van der Waals surface area contributed by atoms with E-state index in [1.807, 2.05) is 0 Å². The van der Waals surface area contributed by atoms with Crippen molar-refractivity contribution in [3.8, 4) is 0 Å². The molecule has 1 aliphatic carbocycles. The lowest BCUT2D eigenvalue weighted by atomic mass is 9.84. The van der Waals surface area contributed by atoms with Gasteiger partial charge >= 0.3 is 5.97 Å². The Hall–Kier alpha value is -0.530. The second-order valence-electron chi connectivity index (χ2n) is 4.09. The normalized spacial score (nSPS) is 20.8. The molecule has 0 aromatic rings. The Bertz CT molecular complexity index is 157. The van der Waals surface area contributed by atoms with Crippen LogP contribution in [0.2, 0.25) is 0 Å². The van der Waals surface area contributed by atoms with Crippen LogP contribution in [0.15, 0.2) is 0 Å². The zero-order valence-corrected chi connectivity index (χ0v) is 8.06. The van der Waals surface area contributed by atoms with E-state index in [2.05, 4.69) is 11.7 Å². The standard InChI is InChI=1S/C10H18O2/c1-10(6-3-4-7-10)8-5-9(11)12-2/h3-8H2,1-2H3. The molecule has 1 aliphatic rings. The van der Waals surface area contributed by atoms with Crippen LogP contribution in [0.4, 0.5) is 0 Å². The molecule has 0 bridgehead atoms. The molecule has 70 valence electrons. The molecule has 0 spiro atoms. The van der Waals surface area contributed by atoms with E-state index in [-0.39, 0.29) is 5.97 Å². The zero-order valence-electron chi connectivity index (χ0n) is 8.06. The third kappa shape index (κ3) is 2.50. The van der Waals surface area contributed by atoms with Crippen LogP contribution in [0, 0.1) is 5.41 Å². The Labute approximate surface area is 74.3 Å². The van der Waals surface area contributed by atoms with Crippen molar-refractivity contribution in [1.29, 1.82) is 0 Å². The SMILES string of the molecule is COC(=O)CCC1(C)CCCC1. The van der Waals surface area contributed by atoms with Crippen molar-refractivity contribution >= 4 is 5.97 Å². The fourth-order valence-electron chi connectivity index (χ4n) is 1.98. The first-order chi connectivity index (χ1) is 5.66. The Morgan fingerprint density at radius 3 is 2.50 bits per heavy atom. The van der Waals surface area contributed by atoms with Gasteiger partial charge in [-0.05, 0) is 24.7 Å². The van der Waals surface area contributed by atoms with Gasteiger partial charge in [0.1, 0.15) is 0 Å². The van der Waals surface area contributed by atoms with Gasteiger partial charge < -0.3 is 4.74 Å². The Morgan fingerprint density at radius 1 is 1.42 bits per heavy atom. The van der Waals surface area contributed by atoms with Crippen LogP contribution in [0.25, 0.3) is 0 Å². The molecule has 0 aromatic carbocycles. The number of esters is 1. The monoisotopic (exact) mass is 170 g/mol. The summed E-state index contributed by atoms with van der Waals surface area (Å²) >= 11 is 0. The van der Waals surface area contributed by atoms with Crippen LogP contribution in [-0.4, -0.2) is 13.1 Å². The van der Waals surface area contributed by atoms with Gasteiger partial charge in [-0.3, -0.25) is 4.79 Å². The van der Waals surface area contributed by atoms with E-state index in [4.69, 9.17) is 0 Å². The molecule has 0 atom stereocenters. The largest absolute Gasteiger partial charge is 0.469 e. The Kier molecular flexibility index (Phi) is 3.12. The highest BCUT2D eigenvalue weighted by Gasteiger charge is 2.28. The van der Waals surface area contributed by atoms with Gasteiger partial charge in [-0.2, -0.15) is 0 Å². The molecule has 0 aromatic heterocycles. The second-order valence-corrected chi connectivity index (χ2v) is 4.09. The minimum Gasteiger partial charge on any atom is -0.469 e. The van der Waals surface area contributed by atoms with Crippen LogP contribution >= 0.6 is 0 Å². The summed E-state index contributed by atoms with van der Waals surface area (Å²) in [7, 11) is 1.46. The summed E-state index contributed by atoms with van der Waals surface area (Å²) < 4.78 is 4.62. The van der Waals surface area contributed by atoms with Crippen LogP contribution in [0.3, 0.4) is 0 Å². The van der Waals surface area contributed by atoms with Gasteiger partial charge in [0.05, 0.1) is 7.11 Å². The Morgan fingerprint density at radius 2 is 2.00 bits per heavy atom. The number of methoxy groups -OCH3 is 1. The lowest BCUT2D eigenvalue weighted by Gasteiger charge is -2.22. The highest BCUT2D eigenvalue weighted by Crippen LogP contribution is 2.41. The molecule has 0 N–H and O–H groups in total. The summed E-state index contributed by atoms with van der Waals surface area (Å²) in [6, 6.07) is 0. The predicted molar refractivity (Wildman–Crippen MR) is 47.8 cm³/mol. The fraction of sp³-hybridized carbons (Fsp3) is 0.900. The van der Waals surface area contributed by atoms with Crippen molar-refractivity contribution in [2.45, 2.75) is 45.4 Å². The van der Waals surface area contributed by atoms with Crippen LogP contribution in [0.1, 0.15) is 45.4 Å². The summed E-state index contributed by atoms with van der Waals surface area (Å²) in [4.78, 5) is 10.9. The van der Waals surface area contributed by atoms with Gasteiger partial charge in [-0.15, -0.1) is 0 Å². The summed E-state index contributed by atoms with van der Waals surface area (Å²) in [6.45, 7) is 2.28. The van der Waals surface area contributed by atoms with Crippen molar-refractivity contribution in [2.24, 2.45) is 5.41 Å². The first kappa shape index (κ1) is 9.56. The van der Waals surface area contributed by atoms with Gasteiger partial charge in [0, 0.05) is 6.42 Å². The van der Waals surface area contributed by atoms with Crippen molar-refractivity contribution < 1.29 is 9.53 Å². The highest BCUT2D eigenvalue weighted by atomic mass is 16.5. The highest BCUT2D eigenvalue weighted by molar-refractivity contribution is 5.69. The molecule has 0 heterocycles. The molecular weight excluding hydrogens is 152 g/mol. The molecule has 0 aliphatic heterocycles. The van der Waals surface area contributed by atoms with Crippen molar-refractivity contribution in [2.75, 3.05) is 7.11 Å². The van der Waals surface area contributed by atoms with Crippen molar-refractivity contribution in [3.63, 3.8) is 0 Å². The smallest absolute Gasteiger partial charge is 0.305 e. The summed E-state index contributed by atoms with van der Waals surface area (Å²) in [6.07, 6.45) is 6.82. The maximum Gasteiger partial charge on any atom is 0.305 e. The van der Waals surface area contributed by atoms with Crippen molar-refractivity contribution in [3.05, 3.63) is 0 Å². The first-order valence-electron chi connectivity index (χ1n) is 4.73. The zero-order chi connectivity index (χ0) is 9.03. The molecule has 1 rings (SSSR count). The Balaban J connectivity index is 2.25. The molecule has 12 heavy (non-hydrogen) atoms. The molecule has 0 unspecified atom stereocenters. The average molecular weight is 170 g/mol. The third-order valence-corrected chi connectivity index (χ3v) is 2.97. The average Bonchev–Trinajstić information content (AvgIpc) is 2.49. The molecular formula is C10H18O2. The molecule has 2 heteroatoms. The molecule has 0 amide bonds. The maximum absolute atomic E-state index is 10.9. The molecule has 0 radical (unpaired) electrons. The van der Waals surface area contributed by atoms with Crippen molar-refractivity contribution in [1.82, 2.24) is 0 Å².